The number of aryl methyl sites for hydroxylation is 1. The van der Waals surface area contributed by atoms with E-state index in [1.807, 2.05) is 0 Å². The Kier molecular flexibility index (Phi) is 3.71. The van der Waals surface area contributed by atoms with Crippen LogP contribution in [0.25, 0.3) is 0 Å². The molecule has 0 saturated heterocycles. The van der Waals surface area contributed by atoms with Crippen molar-refractivity contribution in [2.45, 2.75) is 13.1 Å². The first-order valence-corrected chi connectivity index (χ1v) is 6.95. The van der Waals surface area contributed by atoms with Crippen LogP contribution in [0.15, 0.2) is 36.5 Å². The minimum Gasteiger partial charge on any atom is -0.474 e. The van der Waals surface area contributed by atoms with Crippen molar-refractivity contribution in [2.75, 3.05) is 18.1 Å². The van der Waals surface area contributed by atoms with Gasteiger partial charge in [-0.3, -0.25) is 4.79 Å². The maximum Gasteiger partial charge on any atom is 0.417 e. The van der Waals surface area contributed by atoms with Crippen LogP contribution in [0.2, 0.25) is 0 Å². The molecule has 1 amide bonds. The predicted molar refractivity (Wildman–Crippen MR) is 77.6 cm³/mol. The third kappa shape index (κ3) is 2.86. The van der Waals surface area contributed by atoms with E-state index in [0.29, 0.717) is 5.69 Å². The Balaban J connectivity index is 2.05. The predicted octanol–water partition coefficient (Wildman–Crippen LogP) is 3.45. The van der Waals surface area contributed by atoms with Crippen molar-refractivity contribution >= 4 is 11.6 Å². The van der Waals surface area contributed by atoms with Crippen molar-refractivity contribution in [3.05, 3.63) is 53.2 Å². The number of pyridine rings is 1. The van der Waals surface area contributed by atoms with Gasteiger partial charge in [0.2, 0.25) is 5.88 Å². The van der Waals surface area contributed by atoms with E-state index in [1.54, 1.807) is 19.2 Å². The van der Waals surface area contributed by atoms with E-state index in [4.69, 9.17) is 4.74 Å². The van der Waals surface area contributed by atoms with Gasteiger partial charge in [-0.15, -0.1) is 0 Å². The van der Waals surface area contributed by atoms with Crippen LogP contribution in [0.3, 0.4) is 0 Å². The Bertz CT molecular complexity index is 759. The lowest BCUT2D eigenvalue weighted by Crippen LogP contribution is -2.39. The van der Waals surface area contributed by atoms with Gasteiger partial charge < -0.3 is 9.64 Å². The lowest BCUT2D eigenvalue weighted by molar-refractivity contribution is -0.137. The standard InChI is InChI=1S/C16H13F3N2O2/c1-10-8-13-14(20-9-10)23-7-6-21(13)15(22)11-4-2-3-5-12(11)16(17,18)19/h2-5,8-9H,6-7H2,1H3. The topological polar surface area (TPSA) is 42.4 Å². The SMILES string of the molecule is Cc1cnc2c(c1)N(C(=O)c1ccccc1C(F)(F)F)CCO2. The van der Waals surface area contributed by atoms with E-state index in [9.17, 15) is 18.0 Å². The monoisotopic (exact) mass is 322 g/mol. The number of carbonyl (C=O) groups excluding carboxylic acids is 1. The largest absolute Gasteiger partial charge is 0.474 e. The summed E-state index contributed by atoms with van der Waals surface area (Å²) in [7, 11) is 0. The van der Waals surface area contributed by atoms with Gasteiger partial charge in [0.05, 0.1) is 17.7 Å². The number of aromatic nitrogens is 1. The maximum absolute atomic E-state index is 13.1. The molecule has 23 heavy (non-hydrogen) atoms. The van der Waals surface area contributed by atoms with Gasteiger partial charge in [-0.2, -0.15) is 13.2 Å². The number of benzene rings is 1. The first-order valence-electron chi connectivity index (χ1n) is 6.95. The molecule has 7 heteroatoms. The summed E-state index contributed by atoms with van der Waals surface area (Å²) in [5.41, 5.74) is -0.151. The smallest absolute Gasteiger partial charge is 0.417 e. The van der Waals surface area contributed by atoms with Crippen LogP contribution in [0.5, 0.6) is 5.88 Å². The summed E-state index contributed by atoms with van der Waals surface area (Å²) in [6.45, 7) is 2.14. The van der Waals surface area contributed by atoms with Gasteiger partial charge in [0.25, 0.3) is 5.91 Å². The highest BCUT2D eigenvalue weighted by Gasteiger charge is 2.37. The molecule has 0 aliphatic carbocycles. The van der Waals surface area contributed by atoms with E-state index >= 15 is 0 Å². The molecule has 2 heterocycles. The third-order valence-electron chi connectivity index (χ3n) is 3.52. The zero-order valence-electron chi connectivity index (χ0n) is 12.2. The van der Waals surface area contributed by atoms with Gasteiger partial charge in [-0.05, 0) is 30.7 Å². The molecule has 1 aromatic heterocycles. The highest BCUT2D eigenvalue weighted by Crippen LogP contribution is 2.35. The zero-order valence-corrected chi connectivity index (χ0v) is 12.2. The van der Waals surface area contributed by atoms with Crippen LogP contribution in [0.4, 0.5) is 18.9 Å². The molecule has 1 aliphatic rings. The van der Waals surface area contributed by atoms with Crippen molar-refractivity contribution in [1.82, 2.24) is 4.98 Å². The molecule has 0 bridgehead atoms. The number of fused-ring (bicyclic) bond motifs is 1. The van der Waals surface area contributed by atoms with Gasteiger partial charge >= 0.3 is 6.18 Å². The number of hydrogen-bond donors (Lipinski definition) is 0. The molecule has 120 valence electrons. The molecule has 2 aromatic rings. The summed E-state index contributed by atoms with van der Waals surface area (Å²) in [6, 6.07) is 6.44. The molecule has 0 saturated carbocycles. The molecule has 3 rings (SSSR count). The number of carbonyl (C=O) groups is 1. The molecular weight excluding hydrogens is 309 g/mol. The van der Waals surface area contributed by atoms with Crippen molar-refractivity contribution < 1.29 is 22.7 Å². The van der Waals surface area contributed by atoms with Crippen LogP contribution in [0.1, 0.15) is 21.5 Å². The molecule has 0 spiro atoms. The summed E-state index contributed by atoms with van der Waals surface area (Å²) in [6.07, 6.45) is -3.01. The van der Waals surface area contributed by atoms with Crippen LogP contribution in [-0.2, 0) is 6.18 Å². The average Bonchev–Trinajstić information content (AvgIpc) is 2.53. The third-order valence-corrected chi connectivity index (χ3v) is 3.52. The molecule has 1 aromatic carbocycles. The lowest BCUT2D eigenvalue weighted by atomic mass is 10.1. The van der Waals surface area contributed by atoms with E-state index in [-0.39, 0.29) is 24.6 Å². The van der Waals surface area contributed by atoms with Crippen LogP contribution >= 0.6 is 0 Å². The summed E-state index contributed by atoms with van der Waals surface area (Å²) < 4.78 is 44.7. The Morgan fingerprint density at radius 2 is 2.04 bits per heavy atom. The molecule has 0 unspecified atom stereocenters. The molecule has 0 radical (unpaired) electrons. The van der Waals surface area contributed by atoms with Gasteiger partial charge in [-0.1, -0.05) is 12.1 Å². The van der Waals surface area contributed by atoms with Crippen LogP contribution in [0, 0.1) is 6.92 Å². The van der Waals surface area contributed by atoms with Gasteiger partial charge in [0.1, 0.15) is 12.3 Å². The lowest BCUT2D eigenvalue weighted by Gasteiger charge is -2.29. The fourth-order valence-electron chi connectivity index (χ4n) is 2.47. The highest BCUT2D eigenvalue weighted by atomic mass is 19.4. The summed E-state index contributed by atoms with van der Waals surface area (Å²) in [4.78, 5) is 18.0. The number of rotatable bonds is 1. The summed E-state index contributed by atoms with van der Waals surface area (Å²) in [5, 5.41) is 0. The molecule has 0 N–H and O–H groups in total. The van der Waals surface area contributed by atoms with Crippen LogP contribution in [-0.4, -0.2) is 24.0 Å². The van der Waals surface area contributed by atoms with Gasteiger partial charge in [0.15, 0.2) is 0 Å². The molecule has 4 nitrogen and oxygen atoms in total. The minimum absolute atomic E-state index is 0.170. The van der Waals surface area contributed by atoms with Crippen molar-refractivity contribution in [3.63, 3.8) is 0 Å². The number of anilines is 1. The Hall–Kier alpha value is -2.57. The van der Waals surface area contributed by atoms with Crippen molar-refractivity contribution in [2.24, 2.45) is 0 Å². The Labute approximate surface area is 130 Å². The number of alkyl halides is 3. The quantitative estimate of drug-likeness (QED) is 0.807. The fraction of sp³-hybridized carbons (Fsp3) is 0.250. The van der Waals surface area contributed by atoms with Gasteiger partial charge in [0, 0.05) is 6.20 Å². The molecule has 1 aliphatic heterocycles. The summed E-state index contributed by atoms with van der Waals surface area (Å²) >= 11 is 0. The van der Waals surface area contributed by atoms with E-state index in [0.717, 1.165) is 11.6 Å². The Morgan fingerprint density at radius 1 is 1.30 bits per heavy atom. The first kappa shape index (κ1) is 15.3. The van der Waals surface area contributed by atoms with Crippen molar-refractivity contribution in [1.29, 1.82) is 0 Å². The number of amides is 1. The summed E-state index contributed by atoms with van der Waals surface area (Å²) in [5.74, 6) is -0.463. The fourth-order valence-corrected chi connectivity index (χ4v) is 2.47. The van der Waals surface area contributed by atoms with E-state index in [1.165, 1.54) is 23.1 Å². The first-order chi connectivity index (χ1) is 10.9. The van der Waals surface area contributed by atoms with Gasteiger partial charge in [-0.25, -0.2) is 4.98 Å². The number of ether oxygens (including phenoxy) is 1. The average molecular weight is 322 g/mol. The van der Waals surface area contributed by atoms with E-state index < -0.39 is 17.6 Å². The maximum atomic E-state index is 13.1. The number of nitrogens with zero attached hydrogens (tertiary/aromatic N) is 2. The second kappa shape index (κ2) is 5.57. The molecule has 0 atom stereocenters. The second-order valence-electron chi connectivity index (χ2n) is 5.19. The van der Waals surface area contributed by atoms with E-state index in [2.05, 4.69) is 4.98 Å². The number of halogens is 3. The number of hydrogen-bond acceptors (Lipinski definition) is 3. The van der Waals surface area contributed by atoms with Crippen molar-refractivity contribution in [3.8, 4) is 5.88 Å². The minimum atomic E-state index is -4.59. The zero-order chi connectivity index (χ0) is 16.6. The normalized spacial score (nSPS) is 14.2. The second-order valence-corrected chi connectivity index (χ2v) is 5.19. The molecular formula is C16H13F3N2O2. The highest BCUT2D eigenvalue weighted by molar-refractivity contribution is 6.08. The Morgan fingerprint density at radius 3 is 2.78 bits per heavy atom. The molecule has 0 fully saturated rings. The van der Waals surface area contributed by atoms with Crippen LogP contribution < -0.4 is 9.64 Å².